The van der Waals surface area contributed by atoms with Crippen molar-refractivity contribution in [2.75, 3.05) is 17.7 Å². The zero-order valence-electron chi connectivity index (χ0n) is 10.3. The Morgan fingerprint density at radius 1 is 1.22 bits per heavy atom. The molecule has 0 saturated heterocycles. The first-order valence-corrected chi connectivity index (χ1v) is 5.58. The molecule has 0 aliphatic carbocycles. The summed E-state index contributed by atoms with van der Waals surface area (Å²) >= 11 is 0. The van der Waals surface area contributed by atoms with Gasteiger partial charge in [0.25, 0.3) is 5.91 Å². The molecule has 5 heteroatoms. The predicted octanol–water partition coefficient (Wildman–Crippen LogP) is 2.08. The third kappa shape index (κ3) is 2.82. The van der Waals surface area contributed by atoms with E-state index in [2.05, 4.69) is 20.6 Å². The van der Waals surface area contributed by atoms with Gasteiger partial charge in [0.05, 0.1) is 0 Å². The molecule has 1 amide bonds. The first-order valence-electron chi connectivity index (χ1n) is 5.58. The number of anilines is 2. The van der Waals surface area contributed by atoms with E-state index in [1.807, 2.05) is 13.0 Å². The maximum Gasteiger partial charge on any atom is 0.275 e. The van der Waals surface area contributed by atoms with Gasteiger partial charge >= 0.3 is 0 Å². The molecule has 0 aromatic carbocycles. The van der Waals surface area contributed by atoms with Gasteiger partial charge in [-0.3, -0.25) is 4.79 Å². The molecule has 92 valence electrons. The first-order chi connectivity index (χ1) is 8.69. The average molecular weight is 242 g/mol. The van der Waals surface area contributed by atoms with Gasteiger partial charge in [-0.25, -0.2) is 9.97 Å². The summed E-state index contributed by atoms with van der Waals surface area (Å²) in [7, 11) is 1.76. The molecule has 2 aromatic rings. The van der Waals surface area contributed by atoms with Crippen LogP contribution in [0.4, 0.5) is 11.6 Å². The highest BCUT2D eigenvalue weighted by Crippen LogP contribution is 2.09. The number of carbonyl (C=O) groups is 1. The van der Waals surface area contributed by atoms with Gasteiger partial charge in [0, 0.05) is 13.2 Å². The highest BCUT2D eigenvalue weighted by atomic mass is 16.1. The number of nitrogens with one attached hydrogen (secondary N) is 2. The van der Waals surface area contributed by atoms with Crippen molar-refractivity contribution < 1.29 is 4.79 Å². The number of pyridine rings is 2. The van der Waals surface area contributed by atoms with Crippen LogP contribution >= 0.6 is 0 Å². The Kier molecular flexibility index (Phi) is 3.52. The van der Waals surface area contributed by atoms with Crippen molar-refractivity contribution in [1.82, 2.24) is 9.97 Å². The van der Waals surface area contributed by atoms with Crippen molar-refractivity contribution in [3.8, 4) is 0 Å². The van der Waals surface area contributed by atoms with Crippen molar-refractivity contribution in [1.29, 1.82) is 0 Å². The lowest BCUT2D eigenvalue weighted by Gasteiger charge is -2.05. The fourth-order valence-corrected chi connectivity index (χ4v) is 1.49. The minimum Gasteiger partial charge on any atom is -0.373 e. The molecular weight excluding hydrogens is 228 g/mol. The summed E-state index contributed by atoms with van der Waals surface area (Å²) in [5.74, 6) is 0.904. The van der Waals surface area contributed by atoms with E-state index in [9.17, 15) is 4.79 Å². The molecule has 0 bridgehead atoms. The number of aromatic nitrogens is 2. The van der Waals surface area contributed by atoms with Gasteiger partial charge in [-0.05, 0) is 36.8 Å². The van der Waals surface area contributed by atoms with Crippen LogP contribution in [0.1, 0.15) is 16.1 Å². The number of hydrogen-bond donors (Lipinski definition) is 2. The summed E-state index contributed by atoms with van der Waals surface area (Å²) in [6.07, 6.45) is 1.66. The van der Waals surface area contributed by atoms with Gasteiger partial charge in [0.1, 0.15) is 17.3 Å². The fourth-order valence-electron chi connectivity index (χ4n) is 1.49. The highest BCUT2D eigenvalue weighted by molar-refractivity contribution is 6.02. The van der Waals surface area contributed by atoms with Crippen LogP contribution in [0.15, 0.2) is 36.5 Å². The smallest absolute Gasteiger partial charge is 0.275 e. The second kappa shape index (κ2) is 5.27. The van der Waals surface area contributed by atoms with Crippen LogP contribution in [0.5, 0.6) is 0 Å². The molecule has 2 rings (SSSR count). The van der Waals surface area contributed by atoms with E-state index in [1.165, 1.54) is 0 Å². The Morgan fingerprint density at radius 3 is 2.78 bits per heavy atom. The van der Waals surface area contributed by atoms with Gasteiger partial charge in [-0.1, -0.05) is 6.07 Å². The predicted molar refractivity (Wildman–Crippen MR) is 70.7 cm³/mol. The second-order valence-electron chi connectivity index (χ2n) is 3.83. The molecule has 0 spiro atoms. The highest BCUT2D eigenvalue weighted by Gasteiger charge is 2.08. The van der Waals surface area contributed by atoms with Crippen molar-refractivity contribution in [3.63, 3.8) is 0 Å². The zero-order chi connectivity index (χ0) is 13.0. The van der Waals surface area contributed by atoms with E-state index in [0.29, 0.717) is 17.3 Å². The Morgan fingerprint density at radius 2 is 2.06 bits per heavy atom. The lowest BCUT2D eigenvalue weighted by Crippen LogP contribution is -2.15. The molecule has 0 unspecified atom stereocenters. The normalized spacial score (nSPS) is 9.89. The Balaban J connectivity index is 2.16. The van der Waals surface area contributed by atoms with Crippen LogP contribution in [0.25, 0.3) is 0 Å². The van der Waals surface area contributed by atoms with E-state index in [0.717, 1.165) is 5.56 Å². The summed E-state index contributed by atoms with van der Waals surface area (Å²) in [4.78, 5) is 20.2. The summed E-state index contributed by atoms with van der Waals surface area (Å²) < 4.78 is 0. The Labute approximate surface area is 105 Å². The quantitative estimate of drug-likeness (QED) is 0.864. The molecule has 2 heterocycles. The second-order valence-corrected chi connectivity index (χ2v) is 3.83. The molecule has 0 fully saturated rings. The summed E-state index contributed by atoms with van der Waals surface area (Å²) in [5, 5.41) is 5.60. The number of amides is 1. The van der Waals surface area contributed by atoms with Crippen LogP contribution in [0, 0.1) is 6.92 Å². The zero-order valence-corrected chi connectivity index (χ0v) is 10.3. The van der Waals surface area contributed by atoms with Crippen molar-refractivity contribution in [2.24, 2.45) is 0 Å². The topological polar surface area (TPSA) is 66.9 Å². The number of aryl methyl sites for hydroxylation is 1. The van der Waals surface area contributed by atoms with Gasteiger partial charge in [0.2, 0.25) is 0 Å². The van der Waals surface area contributed by atoms with E-state index in [4.69, 9.17) is 0 Å². The monoisotopic (exact) mass is 242 g/mol. The van der Waals surface area contributed by atoms with Crippen LogP contribution in [-0.2, 0) is 0 Å². The molecule has 0 aliphatic heterocycles. The molecule has 5 nitrogen and oxygen atoms in total. The summed E-state index contributed by atoms with van der Waals surface area (Å²) in [6.45, 7) is 1.94. The van der Waals surface area contributed by atoms with Crippen LogP contribution in [0.3, 0.4) is 0 Å². The standard InChI is InChI=1S/C13H14N4O/c1-9-6-7-15-12(8-9)17-13(18)10-4-3-5-11(14-2)16-10/h3-8H,1-2H3,(H,14,16)(H,15,17,18). The van der Waals surface area contributed by atoms with Crippen LogP contribution < -0.4 is 10.6 Å². The SMILES string of the molecule is CNc1cccc(C(=O)Nc2cc(C)ccn2)n1. The molecule has 2 N–H and O–H groups in total. The van der Waals surface area contributed by atoms with Crippen molar-refractivity contribution >= 4 is 17.5 Å². The van der Waals surface area contributed by atoms with E-state index in [-0.39, 0.29) is 5.91 Å². The number of hydrogen-bond acceptors (Lipinski definition) is 4. The third-order valence-corrected chi connectivity index (χ3v) is 2.39. The molecule has 2 aromatic heterocycles. The van der Waals surface area contributed by atoms with Crippen LogP contribution in [0.2, 0.25) is 0 Å². The van der Waals surface area contributed by atoms with Gasteiger partial charge in [-0.15, -0.1) is 0 Å². The molecule has 0 saturated carbocycles. The maximum absolute atomic E-state index is 12.0. The van der Waals surface area contributed by atoms with E-state index in [1.54, 1.807) is 37.5 Å². The largest absolute Gasteiger partial charge is 0.373 e. The third-order valence-electron chi connectivity index (χ3n) is 2.39. The average Bonchev–Trinajstić information content (AvgIpc) is 2.39. The lowest BCUT2D eigenvalue weighted by atomic mass is 10.3. The molecule has 0 radical (unpaired) electrons. The number of nitrogens with zero attached hydrogens (tertiary/aromatic N) is 2. The summed E-state index contributed by atoms with van der Waals surface area (Å²) in [6, 6.07) is 8.90. The van der Waals surface area contributed by atoms with E-state index < -0.39 is 0 Å². The molecular formula is C13H14N4O. The van der Waals surface area contributed by atoms with Gasteiger partial charge in [0.15, 0.2) is 0 Å². The molecule has 18 heavy (non-hydrogen) atoms. The van der Waals surface area contributed by atoms with Crippen molar-refractivity contribution in [3.05, 3.63) is 47.8 Å². The first kappa shape index (κ1) is 12.0. The van der Waals surface area contributed by atoms with Gasteiger partial charge < -0.3 is 10.6 Å². The van der Waals surface area contributed by atoms with Gasteiger partial charge in [-0.2, -0.15) is 0 Å². The number of rotatable bonds is 3. The minimum atomic E-state index is -0.273. The van der Waals surface area contributed by atoms with Crippen molar-refractivity contribution in [2.45, 2.75) is 6.92 Å². The Bertz CT molecular complexity index is 568. The Hall–Kier alpha value is -2.43. The maximum atomic E-state index is 12.0. The fraction of sp³-hybridized carbons (Fsp3) is 0.154. The minimum absolute atomic E-state index is 0.273. The molecule has 0 aliphatic rings. The number of carbonyl (C=O) groups excluding carboxylic acids is 1. The molecule has 0 atom stereocenters. The van der Waals surface area contributed by atoms with Crippen LogP contribution in [-0.4, -0.2) is 22.9 Å². The van der Waals surface area contributed by atoms with E-state index >= 15 is 0 Å². The summed E-state index contributed by atoms with van der Waals surface area (Å²) in [5.41, 5.74) is 1.39. The lowest BCUT2D eigenvalue weighted by molar-refractivity contribution is 0.102.